The highest BCUT2D eigenvalue weighted by Gasteiger charge is 2.34. The normalized spacial score (nSPS) is 12.2. The number of carbonyl (C=O) groups is 2. The molecule has 0 saturated carbocycles. The molecule has 0 bridgehead atoms. The van der Waals surface area contributed by atoms with Crippen molar-refractivity contribution >= 4 is 33.6 Å². The van der Waals surface area contributed by atoms with Crippen molar-refractivity contribution in [1.29, 1.82) is 0 Å². The smallest absolute Gasteiger partial charge is 0.205 e. The Morgan fingerprint density at radius 1 is 0.554 bits per heavy atom. The Morgan fingerprint density at radius 2 is 1.12 bits per heavy atom. The molecule has 4 aromatic carbocycles. The predicted octanol–water partition coefficient (Wildman–Crippen LogP) is 6.37. The van der Waals surface area contributed by atoms with Crippen molar-refractivity contribution < 1.29 is 28.2 Å². The van der Waals surface area contributed by atoms with Gasteiger partial charge in [0, 0.05) is 58.4 Å². The molecule has 9 rings (SSSR count). The molecule has 0 N–H and O–H groups in total. The third-order valence-corrected chi connectivity index (χ3v) is 10.1. The monoisotopic (exact) mass is 738 g/mol. The summed E-state index contributed by atoms with van der Waals surface area (Å²) in [6, 6.07) is 38.6. The van der Waals surface area contributed by atoms with E-state index in [-0.39, 0.29) is 22.7 Å². The van der Waals surface area contributed by atoms with E-state index in [9.17, 15) is 9.59 Å². The Kier molecular flexibility index (Phi) is 9.59. The number of carbonyl (C=O) groups excluding carboxylic acids is 2. The molecular weight excluding hydrogens is 701 g/mol. The number of fused-ring (bicyclic) bond motifs is 4. The molecule has 0 unspecified atom stereocenters. The molecular formula is C46H38N6O4. The summed E-state index contributed by atoms with van der Waals surface area (Å²) < 4.78 is 20.9. The van der Waals surface area contributed by atoms with Gasteiger partial charge in [0.2, 0.25) is 18.4 Å². The van der Waals surface area contributed by atoms with E-state index in [1.165, 1.54) is 0 Å². The van der Waals surface area contributed by atoms with E-state index in [0.717, 1.165) is 33.5 Å². The number of hydrogen-bond acceptors (Lipinski definition) is 6. The molecule has 0 fully saturated rings. The summed E-state index contributed by atoms with van der Waals surface area (Å²) in [4.78, 5) is 37.0. The van der Waals surface area contributed by atoms with E-state index in [2.05, 4.69) is 65.2 Å². The van der Waals surface area contributed by atoms with Gasteiger partial charge in [0.15, 0.2) is 5.78 Å². The molecule has 0 spiro atoms. The van der Waals surface area contributed by atoms with Gasteiger partial charge in [-0.1, -0.05) is 84.9 Å². The standard InChI is InChI=1S/C46H38N6O4/c53-45-35-15-9-21-41(55-27-11-25-49-31-51(29-33-13-5-7-23-47-33)39-19-3-1-17-37(39)49)43(35)46(54)44-36(45)16-10-22-42(44)56-28-12-26-50-32-52(30-34-14-6-8-24-48-34)40-20-4-2-18-38(40)50/h1-10,13-24H,11-12,25-30H2. The summed E-state index contributed by atoms with van der Waals surface area (Å²) in [7, 11) is 0. The lowest BCUT2D eigenvalue weighted by Crippen LogP contribution is -2.33. The molecule has 10 heteroatoms. The van der Waals surface area contributed by atoms with E-state index in [1.807, 2.05) is 60.7 Å². The second-order valence-corrected chi connectivity index (χ2v) is 13.7. The maximum Gasteiger partial charge on any atom is 0.205 e. The summed E-state index contributed by atoms with van der Waals surface area (Å²) in [6.07, 6.45) is 11.9. The van der Waals surface area contributed by atoms with Gasteiger partial charge < -0.3 is 27.7 Å². The quantitative estimate of drug-likeness (QED) is 0.0732. The fraction of sp³-hybridized carbons (Fsp3) is 0.174. The second kappa shape index (κ2) is 15.4. The maximum atomic E-state index is 14.3. The van der Waals surface area contributed by atoms with E-state index in [4.69, 9.17) is 9.47 Å². The van der Waals surface area contributed by atoms with Crippen molar-refractivity contribution in [1.82, 2.24) is 19.1 Å². The Bertz CT molecular complexity index is 2520. The van der Waals surface area contributed by atoms with E-state index < -0.39 is 0 Å². The lowest BCUT2D eigenvalue weighted by Gasteiger charge is -2.22. The zero-order chi connectivity index (χ0) is 37.8. The molecule has 1 aliphatic rings. The number of ether oxygens (including phenoxy) is 2. The van der Waals surface area contributed by atoms with Crippen molar-refractivity contribution in [2.24, 2.45) is 0 Å². The lowest BCUT2D eigenvalue weighted by molar-refractivity contribution is -0.676. The number of imidazole rings is 2. The van der Waals surface area contributed by atoms with Crippen LogP contribution in [0.25, 0.3) is 22.1 Å². The molecule has 1 aliphatic carbocycles. The van der Waals surface area contributed by atoms with Crippen LogP contribution in [0.5, 0.6) is 11.5 Å². The van der Waals surface area contributed by atoms with Crippen LogP contribution < -0.4 is 18.6 Å². The van der Waals surface area contributed by atoms with Gasteiger partial charge in [-0.2, -0.15) is 0 Å². The Hall–Kier alpha value is -6.94. The minimum Gasteiger partial charge on any atom is -0.493 e. The maximum absolute atomic E-state index is 14.3. The average molecular weight is 739 g/mol. The molecule has 0 amide bonds. The summed E-state index contributed by atoms with van der Waals surface area (Å²) >= 11 is 0. The Labute approximate surface area is 323 Å². The largest absolute Gasteiger partial charge is 0.493 e. The first kappa shape index (κ1) is 34.8. The average Bonchev–Trinajstić information content (AvgIpc) is 3.77. The Balaban J connectivity index is 0.872. The lowest BCUT2D eigenvalue weighted by atomic mass is 9.83. The van der Waals surface area contributed by atoms with Gasteiger partial charge in [0.05, 0.1) is 48.8 Å². The second-order valence-electron chi connectivity index (χ2n) is 13.7. The molecule has 4 heterocycles. The van der Waals surface area contributed by atoms with Crippen molar-refractivity contribution in [2.75, 3.05) is 13.2 Å². The van der Waals surface area contributed by atoms with E-state index >= 15 is 0 Å². The third kappa shape index (κ3) is 6.81. The number of benzene rings is 4. The van der Waals surface area contributed by atoms with Gasteiger partial charge in [-0.05, 0) is 36.4 Å². The van der Waals surface area contributed by atoms with Crippen LogP contribution >= 0.6 is 0 Å². The minimum absolute atomic E-state index is 0.220. The zero-order valence-electron chi connectivity index (χ0n) is 30.7. The molecule has 10 nitrogen and oxygen atoms in total. The summed E-state index contributed by atoms with van der Waals surface area (Å²) in [6.45, 7) is 3.21. The summed E-state index contributed by atoms with van der Waals surface area (Å²) in [5.41, 5.74) is 7.41. The van der Waals surface area contributed by atoms with Gasteiger partial charge in [-0.25, -0.2) is 0 Å². The molecule has 8 aromatic rings. The first-order chi connectivity index (χ1) is 27.6. The first-order valence-electron chi connectivity index (χ1n) is 18.8. The number of pyridine rings is 2. The zero-order valence-corrected chi connectivity index (χ0v) is 30.7. The highest BCUT2D eigenvalue weighted by atomic mass is 16.5. The number of nitrogens with zero attached hydrogens (tertiary/aromatic N) is 6. The van der Waals surface area contributed by atoms with Gasteiger partial charge in [0.25, 0.3) is 0 Å². The molecule has 56 heavy (non-hydrogen) atoms. The number of para-hydroxylation sites is 4. The van der Waals surface area contributed by atoms with Gasteiger partial charge in [-0.15, -0.1) is 0 Å². The van der Waals surface area contributed by atoms with Crippen LogP contribution in [0.1, 0.15) is 56.1 Å². The van der Waals surface area contributed by atoms with Gasteiger partial charge in [0.1, 0.15) is 24.6 Å². The highest BCUT2D eigenvalue weighted by Crippen LogP contribution is 2.37. The van der Waals surface area contributed by atoms with Crippen molar-refractivity contribution in [3.8, 4) is 11.5 Å². The van der Waals surface area contributed by atoms with Gasteiger partial charge in [-0.3, -0.25) is 19.6 Å². The number of aromatic nitrogens is 6. The molecule has 0 aliphatic heterocycles. The van der Waals surface area contributed by atoms with Crippen LogP contribution in [0.2, 0.25) is 0 Å². The van der Waals surface area contributed by atoms with Crippen LogP contribution in [0.3, 0.4) is 0 Å². The van der Waals surface area contributed by atoms with Crippen LogP contribution in [0.4, 0.5) is 0 Å². The molecule has 0 atom stereocenters. The molecule has 0 radical (unpaired) electrons. The summed E-state index contributed by atoms with van der Waals surface area (Å²) in [5, 5.41) is 0. The first-order valence-corrected chi connectivity index (χ1v) is 18.8. The SMILES string of the molecule is O=C1c2cccc(OCCCn3[c-][n+](Cc4ccccn4)c4ccccc43)c2C(=O)c2c(OCCC[n+]3[c-]n(Cc4ccccn4)c4ccccc43)cccc21. The Morgan fingerprint density at radius 3 is 1.79 bits per heavy atom. The number of rotatable bonds is 14. The number of ketones is 2. The third-order valence-electron chi connectivity index (χ3n) is 10.1. The number of hydrogen-bond donors (Lipinski definition) is 0. The fourth-order valence-corrected chi connectivity index (χ4v) is 7.47. The van der Waals surface area contributed by atoms with Crippen LogP contribution in [0, 0.1) is 12.7 Å². The van der Waals surface area contributed by atoms with Crippen molar-refractivity contribution in [2.45, 2.75) is 39.0 Å². The summed E-state index contributed by atoms with van der Waals surface area (Å²) in [5.74, 6) is 0.285. The molecule has 276 valence electrons. The van der Waals surface area contributed by atoms with Crippen LogP contribution in [-0.2, 0) is 26.2 Å². The van der Waals surface area contributed by atoms with Crippen LogP contribution in [-0.4, -0.2) is 43.9 Å². The molecule has 0 saturated heterocycles. The van der Waals surface area contributed by atoms with Gasteiger partial charge >= 0.3 is 0 Å². The van der Waals surface area contributed by atoms with Crippen molar-refractivity contribution in [3.63, 3.8) is 0 Å². The fourth-order valence-electron chi connectivity index (χ4n) is 7.47. The van der Waals surface area contributed by atoms with Crippen molar-refractivity contribution in [3.05, 3.63) is 180 Å². The topological polar surface area (TPSA) is 96.0 Å². The minimum atomic E-state index is -0.276. The highest BCUT2D eigenvalue weighted by molar-refractivity contribution is 6.30. The number of aryl methyl sites for hydroxylation is 2. The van der Waals surface area contributed by atoms with E-state index in [0.29, 0.717) is 74.9 Å². The van der Waals surface area contributed by atoms with E-state index in [1.54, 1.807) is 48.8 Å². The molecule has 4 aromatic heterocycles. The predicted molar refractivity (Wildman–Crippen MR) is 209 cm³/mol. The van der Waals surface area contributed by atoms with Crippen LogP contribution in [0.15, 0.2) is 134 Å².